The Kier molecular flexibility index (Phi) is 6.38. The van der Waals surface area contributed by atoms with Crippen LogP contribution in [0.15, 0.2) is 84.6 Å². The molecule has 2 amide bonds. The van der Waals surface area contributed by atoms with Crippen LogP contribution in [0.4, 0.5) is 11.4 Å². The monoisotopic (exact) mass is 466 g/mol. The van der Waals surface area contributed by atoms with Crippen molar-refractivity contribution in [2.75, 3.05) is 43.4 Å². The Morgan fingerprint density at radius 3 is 2.09 bits per heavy atom. The van der Waals surface area contributed by atoms with Crippen LogP contribution in [0.3, 0.4) is 0 Å². The molecular formula is C29H30N4O2. The molecule has 1 N–H and O–H groups in total. The smallest absolute Gasteiger partial charge is 0.278 e. The van der Waals surface area contributed by atoms with Crippen molar-refractivity contribution >= 4 is 28.8 Å². The number of anilines is 2. The third kappa shape index (κ3) is 4.84. The van der Waals surface area contributed by atoms with Crippen LogP contribution in [-0.4, -0.2) is 54.8 Å². The number of amides is 2. The van der Waals surface area contributed by atoms with Crippen LogP contribution in [0.1, 0.15) is 16.7 Å². The molecule has 0 unspecified atom stereocenters. The van der Waals surface area contributed by atoms with Gasteiger partial charge < -0.3 is 15.1 Å². The lowest BCUT2D eigenvalue weighted by atomic mass is 10.0. The van der Waals surface area contributed by atoms with E-state index in [9.17, 15) is 9.59 Å². The maximum atomic E-state index is 13.5. The molecule has 2 heterocycles. The van der Waals surface area contributed by atoms with Crippen molar-refractivity contribution in [3.05, 3.63) is 101 Å². The van der Waals surface area contributed by atoms with E-state index in [0.717, 1.165) is 54.2 Å². The van der Waals surface area contributed by atoms with Gasteiger partial charge >= 0.3 is 0 Å². The summed E-state index contributed by atoms with van der Waals surface area (Å²) >= 11 is 0. The average molecular weight is 467 g/mol. The highest BCUT2D eigenvalue weighted by atomic mass is 16.2. The second-order valence-electron chi connectivity index (χ2n) is 9.26. The second kappa shape index (κ2) is 9.76. The maximum Gasteiger partial charge on any atom is 0.278 e. The first kappa shape index (κ1) is 22.9. The van der Waals surface area contributed by atoms with Crippen molar-refractivity contribution in [3.63, 3.8) is 0 Å². The van der Waals surface area contributed by atoms with Crippen molar-refractivity contribution < 1.29 is 9.59 Å². The Morgan fingerprint density at radius 2 is 1.43 bits per heavy atom. The highest BCUT2D eigenvalue weighted by Crippen LogP contribution is 2.32. The van der Waals surface area contributed by atoms with Gasteiger partial charge in [-0.05, 0) is 49.4 Å². The molecule has 0 aliphatic carbocycles. The molecule has 1 saturated heterocycles. The van der Waals surface area contributed by atoms with E-state index in [1.54, 1.807) is 0 Å². The number of carbonyl (C=O) groups is 2. The van der Waals surface area contributed by atoms with Gasteiger partial charge in [-0.1, -0.05) is 60.2 Å². The van der Waals surface area contributed by atoms with E-state index in [2.05, 4.69) is 34.3 Å². The standard InChI is InChI=1S/C29H30N4O2/c1-21-8-10-22(11-9-21)20-33-28(34)26(23-6-4-3-5-7-23)27(29(33)35)30-24-12-14-25(15-13-24)32-18-16-31(2)17-19-32/h3-15,30H,16-20H2,1-2H3. The predicted molar refractivity (Wildman–Crippen MR) is 140 cm³/mol. The molecule has 1 fully saturated rings. The van der Waals surface area contributed by atoms with Crippen molar-refractivity contribution in [3.8, 4) is 0 Å². The van der Waals surface area contributed by atoms with Gasteiger partial charge in [0.2, 0.25) is 0 Å². The predicted octanol–water partition coefficient (Wildman–Crippen LogP) is 4.14. The van der Waals surface area contributed by atoms with Crippen LogP contribution >= 0.6 is 0 Å². The number of aryl methyl sites for hydroxylation is 1. The van der Waals surface area contributed by atoms with E-state index in [0.29, 0.717) is 11.3 Å². The van der Waals surface area contributed by atoms with E-state index in [4.69, 9.17) is 0 Å². The largest absolute Gasteiger partial charge is 0.369 e. The Morgan fingerprint density at radius 1 is 0.771 bits per heavy atom. The maximum absolute atomic E-state index is 13.5. The van der Waals surface area contributed by atoms with E-state index in [1.165, 1.54) is 4.90 Å². The summed E-state index contributed by atoms with van der Waals surface area (Å²) < 4.78 is 0. The molecule has 3 aromatic rings. The normalized spacial score (nSPS) is 16.9. The fourth-order valence-corrected chi connectivity index (χ4v) is 4.55. The number of hydrogen-bond acceptors (Lipinski definition) is 5. The summed E-state index contributed by atoms with van der Waals surface area (Å²) in [6, 6.07) is 25.4. The first-order valence-corrected chi connectivity index (χ1v) is 12.0. The lowest BCUT2D eigenvalue weighted by Crippen LogP contribution is -2.44. The quantitative estimate of drug-likeness (QED) is 0.554. The summed E-state index contributed by atoms with van der Waals surface area (Å²) in [5, 5.41) is 3.27. The van der Waals surface area contributed by atoms with Crippen molar-refractivity contribution in [2.45, 2.75) is 13.5 Å². The number of nitrogens with zero attached hydrogens (tertiary/aromatic N) is 3. The fourth-order valence-electron chi connectivity index (χ4n) is 4.55. The molecule has 6 heteroatoms. The minimum Gasteiger partial charge on any atom is -0.369 e. The van der Waals surface area contributed by atoms with Crippen LogP contribution in [0.2, 0.25) is 0 Å². The summed E-state index contributed by atoms with van der Waals surface area (Å²) in [6.45, 7) is 6.33. The fraction of sp³-hybridized carbons (Fsp3) is 0.241. The first-order chi connectivity index (χ1) is 17.0. The number of rotatable bonds is 6. The Bertz CT molecular complexity index is 1240. The summed E-state index contributed by atoms with van der Waals surface area (Å²) in [5.74, 6) is -0.587. The highest BCUT2D eigenvalue weighted by molar-refractivity contribution is 6.36. The van der Waals surface area contributed by atoms with Crippen molar-refractivity contribution in [1.82, 2.24) is 9.80 Å². The molecule has 0 aromatic heterocycles. The van der Waals surface area contributed by atoms with Gasteiger partial charge in [-0.3, -0.25) is 14.5 Å². The zero-order valence-electron chi connectivity index (χ0n) is 20.2. The Balaban J connectivity index is 1.41. The van der Waals surface area contributed by atoms with Crippen LogP contribution in [0.5, 0.6) is 0 Å². The molecule has 0 bridgehead atoms. The minimum absolute atomic E-state index is 0.238. The minimum atomic E-state index is -0.308. The van der Waals surface area contributed by atoms with Gasteiger partial charge in [-0.25, -0.2) is 0 Å². The third-order valence-electron chi connectivity index (χ3n) is 6.70. The number of imide groups is 1. The number of benzene rings is 3. The zero-order chi connectivity index (χ0) is 24.4. The van der Waals surface area contributed by atoms with E-state index in [1.807, 2.05) is 73.7 Å². The van der Waals surface area contributed by atoms with E-state index in [-0.39, 0.29) is 18.4 Å². The zero-order valence-corrected chi connectivity index (χ0v) is 20.2. The summed E-state index contributed by atoms with van der Waals surface area (Å²) in [7, 11) is 2.14. The van der Waals surface area contributed by atoms with Gasteiger partial charge in [0.25, 0.3) is 11.8 Å². The van der Waals surface area contributed by atoms with Crippen LogP contribution in [-0.2, 0) is 16.1 Å². The molecule has 3 aromatic carbocycles. The molecule has 5 rings (SSSR count). The van der Waals surface area contributed by atoms with Gasteiger partial charge in [0.15, 0.2) is 0 Å². The van der Waals surface area contributed by atoms with Gasteiger partial charge in [-0.2, -0.15) is 0 Å². The number of nitrogens with one attached hydrogen (secondary N) is 1. The molecular weight excluding hydrogens is 436 g/mol. The van der Waals surface area contributed by atoms with E-state index < -0.39 is 0 Å². The topological polar surface area (TPSA) is 55.9 Å². The highest BCUT2D eigenvalue weighted by Gasteiger charge is 2.39. The molecule has 6 nitrogen and oxygen atoms in total. The van der Waals surface area contributed by atoms with Gasteiger partial charge in [0, 0.05) is 37.6 Å². The SMILES string of the molecule is Cc1ccc(CN2C(=O)C(Nc3ccc(N4CCN(C)CC4)cc3)=C(c3ccccc3)C2=O)cc1. The summed E-state index contributed by atoms with van der Waals surface area (Å²) in [6.07, 6.45) is 0. The lowest BCUT2D eigenvalue weighted by molar-refractivity contribution is -0.137. The summed E-state index contributed by atoms with van der Waals surface area (Å²) in [4.78, 5) is 33.0. The number of likely N-dealkylation sites (N-methyl/N-ethyl adjacent to an activating group) is 1. The van der Waals surface area contributed by atoms with Crippen molar-refractivity contribution in [1.29, 1.82) is 0 Å². The number of carbonyl (C=O) groups excluding carboxylic acids is 2. The summed E-state index contributed by atoms with van der Waals surface area (Å²) in [5.41, 5.74) is 5.46. The Hall–Kier alpha value is -3.90. The molecule has 2 aliphatic rings. The molecule has 0 spiro atoms. The van der Waals surface area contributed by atoms with Crippen molar-refractivity contribution in [2.24, 2.45) is 0 Å². The van der Waals surface area contributed by atoms with Crippen LogP contribution in [0, 0.1) is 6.92 Å². The molecule has 35 heavy (non-hydrogen) atoms. The second-order valence-corrected chi connectivity index (χ2v) is 9.26. The van der Waals surface area contributed by atoms with Crippen LogP contribution in [0.25, 0.3) is 5.57 Å². The Labute approximate surface area is 206 Å². The van der Waals surface area contributed by atoms with Gasteiger partial charge in [-0.15, -0.1) is 0 Å². The average Bonchev–Trinajstić information content (AvgIpc) is 3.11. The number of piperazine rings is 1. The van der Waals surface area contributed by atoms with E-state index >= 15 is 0 Å². The number of hydrogen-bond donors (Lipinski definition) is 1. The molecule has 2 aliphatic heterocycles. The van der Waals surface area contributed by atoms with Crippen LogP contribution < -0.4 is 10.2 Å². The third-order valence-corrected chi connectivity index (χ3v) is 6.70. The molecule has 0 saturated carbocycles. The molecule has 0 radical (unpaired) electrons. The van der Waals surface area contributed by atoms with Gasteiger partial charge in [0.05, 0.1) is 12.1 Å². The van der Waals surface area contributed by atoms with Gasteiger partial charge in [0.1, 0.15) is 5.70 Å². The first-order valence-electron chi connectivity index (χ1n) is 12.0. The lowest BCUT2D eigenvalue weighted by Gasteiger charge is -2.34. The molecule has 0 atom stereocenters. The molecule has 178 valence electrons.